The predicted molar refractivity (Wildman–Crippen MR) is 191 cm³/mol. The van der Waals surface area contributed by atoms with E-state index in [2.05, 4.69) is 14.9 Å². The van der Waals surface area contributed by atoms with Gasteiger partial charge in [0.25, 0.3) is 0 Å². The number of nitrogens with two attached hydrogens (primary N) is 1. The van der Waals surface area contributed by atoms with Crippen LogP contribution >= 0.6 is 22.9 Å². The van der Waals surface area contributed by atoms with Crippen LogP contribution in [0.2, 0.25) is 5.02 Å². The van der Waals surface area contributed by atoms with Gasteiger partial charge in [-0.1, -0.05) is 17.7 Å². The van der Waals surface area contributed by atoms with Gasteiger partial charge in [0.1, 0.15) is 47.2 Å². The number of thiophene rings is 1. The van der Waals surface area contributed by atoms with E-state index in [1.807, 2.05) is 17.0 Å². The Morgan fingerprint density at radius 3 is 2.58 bits per heavy atom. The Kier molecular flexibility index (Phi) is 7.56. The van der Waals surface area contributed by atoms with Crippen LogP contribution in [-0.2, 0) is 0 Å². The average Bonchev–Trinajstić information content (AvgIpc) is 3.96. The minimum Gasteiger partial charge on any atom is -0.461 e. The zero-order valence-electron chi connectivity index (χ0n) is 27.8. The van der Waals surface area contributed by atoms with Crippen molar-refractivity contribution in [3.63, 3.8) is 0 Å². The van der Waals surface area contributed by atoms with Gasteiger partial charge in [-0.25, -0.2) is 18.6 Å². The van der Waals surface area contributed by atoms with Crippen LogP contribution in [0.25, 0.3) is 32.1 Å². The van der Waals surface area contributed by atoms with Gasteiger partial charge in [-0.05, 0) is 69.3 Å². The molecule has 1 amide bonds. The number of hydrogen-bond donors (Lipinski definition) is 1. The molecule has 264 valence electrons. The highest BCUT2D eigenvalue weighted by Crippen LogP contribution is 2.47. The van der Waals surface area contributed by atoms with Gasteiger partial charge in [0.15, 0.2) is 11.5 Å². The van der Waals surface area contributed by atoms with Crippen molar-refractivity contribution in [2.75, 3.05) is 50.0 Å². The molecular weight excluding hydrogens is 710 g/mol. The molecule has 0 aliphatic carbocycles. The Labute approximate surface area is 305 Å². The van der Waals surface area contributed by atoms with Crippen molar-refractivity contribution in [1.29, 1.82) is 10.5 Å². The number of rotatable bonds is 5. The van der Waals surface area contributed by atoms with Crippen molar-refractivity contribution in [2.24, 2.45) is 0 Å². The lowest BCUT2D eigenvalue weighted by Gasteiger charge is -2.50. The molecule has 4 aliphatic heterocycles. The van der Waals surface area contributed by atoms with Crippen molar-refractivity contribution < 1.29 is 18.3 Å². The zero-order chi connectivity index (χ0) is 35.9. The number of ether oxygens (including phenoxy) is 1. The molecule has 4 fully saturated rings. The standard InChI is InChI=1S/C36H31ClF2N10O2S/c37-24-13-22-29(28(39)27(24)21-3-4-25(38)30-26(21)23(15-41)31(42)52-30)44-33(51-18-36-5-1-9-48(36)10-2-6-36)45-32(22)46-11-7-35(17-46)8-12-49(35)34(50)47-16-20(14-40)43-19-47/h3-4,13,16,19H,1-2,5-12,17-18,42H2. The maximum Gasteiger partial charge on any atom is 0.329 e. The number of fused-ring (bicyclic) bond motifs is 3. The second kappa shape index (κ2) is 12.0. The van der Waals surface area contributed by atoms with Crippen LogP contribution in [-0.4, -0.2) is 85.8 Å². The summed E-state index contributed by atoms with van der Waals surface area (Å²) >= 11 is 7.84. The van der Waals surface area contributed by atoms with E-state index in [9.17, 15) is 19.7 Å². The fraction of sp³-hybridized carbons (Fsp3) is 0.389. The first-order valence-electron chi connectivity index (χ1n) is 17.1. The lowest BCUT2D eigenvalue weighted by atomic mass is 9.84. The number of imidazole rings is 1. The second-order valence-corrected chi connectivity index (χ2v) is 15.6. The number of carbonyl (C=O) groups excluding carboxylic acids is 1. The predicted octanol–water partition coefficient (Wildman–Crippen LogP) is 6.30. The van der Waals surface area contributed by atoms with Gasteiger partial charge in [0, 0.05) is 36.0 Å². The van der Waals surface area contributed by atoms with Gasteiger partial charge in [-0.15, -0.1) is 11.3 Å². The highest BCUT2D eigenvalue weighted by molar-refractivity contribution is 7.23. The Hall–Kier alpha value is -5.09. The van der Waals surface area contributed by atoms with E-state index in [1.54, 1.807) is 11.0 Å². The highest BCUT2D eigenvalue weighted by atomic mass is 35.5. The molecule has 3 aromatic heterocycles. The van der Waals surface area contributed by atoms with Gasteiger partial charge in [-0.2, -0.15) is 20.5 Å². The molecule has 5 aromatic rings. The van der Waals surface area contributed by atoms with E-state index in [4.69, 9.17) is 27.1 Å². The summed E-state index contributed by atoms with van der Waals surface area (Å²) in [4.78, 5) is 33.3. The third-order valence-corrected chi connectivity index (χ3v) is 12.8. The van der Waals surface area contributed by atoms with Crippen LogP contribution in [0.3, 0.4) is 0 Å². The number of aromatic nitrogens is 4. The summed E-state index contributed by atoms with van der Waals surface area (Å²) in [5.41, 5.74) is 5.84. The molecule has 4 saturated heterocycles. The summed E-state index contributed by atoms with van der Waals surface area (Å²) in [6.45, 7) is 3.85. The van der Waals surface area contributed by atoms with E-state index in [1.165, 1.54) is 29.2 Å². The molecule has 1 spiro atoms. The second-order valence-electron chi connectivity index (χ2n) is 14.1. The minimum absolute atomic E-state index is 0.0227. The van der Waals surface area contributed by atoms with E-state index in [0.717, 1.165) is 56.5 Å². The Balaban J connectivity index is 1.14. The number of nitrogen functional groups attached to an aromatic ring is 1. The Morgan fingerprint density at radius 2 is 1.87 bits per heavy atom. The molecule has 16 heteroatoms. The number of nitriles is 2. The first kappa shape index (κ1) is 32.8. The number of nitrogens with zero attached hydrogens (tertiary/aromatic N) is 9. The van der Waals surface area contributed by atoms with Gasteiger partial charge < -0.3 is 20.3 Å². The molecular formula is C36H31ClF2N10O2S. The minimum atomic E-state index is -0.762. The molecule has 12 nitrogen and oxygen atoms in total. The molecule has 52 heavy (non-hydrogen) atoms. The van der Waals surface area contributed by atoms with Crippen molar-refractivity contribution in [3.8, 4) is 29.3 Å². The summed E-state index contributed by atoms with van der Waals surface area (Å²) in [5, 5.41) is 19.8. The summed E-state index contributed by atoms with van der Waals surface area (Å²) in [5.74, 6) is -0.916. The highest BCUT2D eigenvalue weighted by Gasteiger charge is 2.52. The fourth-order valence-corrected chi connectivity index (χ4v) is 10.0. The number of benzene rings is 2. The maximum atomic E-state index is 17.2. The number of likely N-dealkylation sites (tertiary alicyclic amines) is 1. The lowest BCUT2D eigenvalue weighted by molar-refractivity contribution is 0.0414. The van der Waals surface area contributed by atoms with Crippen LogP contribution in [0.1, 0.15) is 49.8 Å². The quantitative estimate of drug-likeness (QED) is 0.217. The van der Waals surface area contributed by atoms with E-state index < -0.39 is 17.2 Å². The maximum absolute atomic E-state index is 17.2. The fourth-order valence-electron chi connectivity index (χ4n) is 8.81. The lowest BCUT2D eigenvalue weighted by Crippen LogP contribution is -2.64. The number of hydrogen-bond acceptors (Lipinski definition) is 11. The van der Waals surface area contributed by atoms with Crippen LogP contribution in [0, 0.1) is 34.3 Å². The van der Waals surface area contributed by atoms with Crippen molar-refractivity contribution in [3.05, 3.63) is 58.6 Å². The molecule has 0 saturated carbocycles. The molecule has 0 bridgehead atoms. The molecule has 9 rings (SSSR count). The summed E-state index contributed by atoms with van der Waals surface area (Å²) in [6, 6.07) is 7.96. The molecule has 4 aliphatic rings. The Bertz CT molecular complexity index is 2410. The number of halogens is 3. The van der Waals surface area contributed by atoms with E-state index in [0.29, 0.717) is 43.9 Å². The average molecular weight is 741 g/mol. The Morgan fingerprint density at radius 1 is 1.08 bits per heavy atom. The first-order valence-corrected chi connectivity index (χ1v) is 18.3. The molecule has 1 unspecified atom stereocenters. The smallest absolute Gasteiger partial charge is 0.329 e. The monoisotopic (exact) mass is 740 g/mol. The SMILES string of the molecule is N#Cc1cn(C(=O)N2CCC23CCN(c2nc(OCC45CCCN4CCC5)nc4c(F)c(-c5ccc(F)c6sc(N)c(C#N)c56)c(Cl)cc24)C3)cn1. The summed E-state index contributed by atoms with van der Waals surface area (Å²) < 4.78 is 40.0. The van der Waals surface area contributed by atoms with Crippen molar-refractivity contribution in [1.82, 2.24) is 29.3 Å². The summed E-state index contributed by atoms with van der Waals surface area (Å²) in [7, 11) is 0. The van der Waals surface area contributed by atoms with Gasteiger partial charge >= 0.3 is 12.0 Å². The first-order chi connectivity index (χ1) is 25.1. The zero-order valence-corrected chi connectivity index (χ0v) is 29.4. The summed E-state index contributed by atoms with van der Waals surface area (Å²) in [6.07, 6.45) is 8.31. The molecule has 1 atom stereocenters. The number of amides is 1. The third kappa shape index (κ3) is 4.83. The van der Waals surface area contributed by atoms with Gasteiger partial charge in [0.2, 0.25) is 0 Å². The van der Waals surface area contributed by atoms with Crippen LogP contribution in [0.4, 0.5) is 24.4 Å². The van der Waals surface area contributed by atoms with Gasteiger partial charge in [0.05, 0.1) is 32.6 Å². The van der Waals surface area contributed by atoms with Crippen LogP contribution < -0.4 is 15.4 Å². The van der Waals surface area contributed by atoms with Crippen LogP contribution in [0.15, 0.2) is 30.7 Å². The van der Waals surface area contributed by atoms with E-state index in [-0.39, 0.29) is 65.6 Å². The number of carbonyl (C=O) groups is 1. The topological polar surface area (TPSA) is 153 Å². The van der Waals surface area contributed by atoms with Crippen molar-refractivity contribution >= 4 is 60.8 Å². The molecule has 0 radical (unpaired) electrons. The van der Waals surface area contributed by atoms with Gasteiger partial charge in [-0.3, -0.25) is 9.47 Å². The third-order valence-electron chi connectivity index (χ3n) is 11.5. The van der Waals surface area contributed by atoms with Crippen molar-refractivity contribution in [2.45, 2.75) is 49.6 Å². The largest absolute Gasteiger partial charge is 0.461 e. The number of anilines is 2. The molecule has 2 N–H and O–H groups in total. The normalized spacial score (nSPS) is 20.8. The van der Waals surface area contributed by atoms with E-state index >= 15 is 4.39 Å². The molecule has 2 aromatic carbocycles. The van der Waals surface area contributed by atoms with Crippen LogP contribution in [0.5, 0.6) is 6.01 Å². The molecule has 7 heterocycles.